The van der Waals surface area contributed by atoms with Crippen LogP contribution in [0.3, 0.4) is 0 Å². The van der Waals surface area contributed by atoms with Crippen molar-refractivity contribution in [2.24, 2.45) is 17.1 Å². The van der Waals surface area contributed by atoms with Crippen LogP contribution < -0.4 is 11.1 Å². The van der Waals surface area contributed by atoms with E-state index in [-0.39, 0.29) is 0 Å². The Kier molecular flexibility index (Phi) is 4.90. The van der Waals surface area contributed by atoms with E-state index in [0.717, 1.165) is 19.0 Å². The Morgan fingerprint density at radius 3 is 2.50 bits per heavy atom. The molecule has 0 saturated heterocycles. The van der Waals surface area contributed by atoms with Gasteiger partial charge in [-0.1, -0.05) is 33.1 Å². The maximum absolute atomic E-state index is 5.67. The molecule has 2 heteroatoms. The van der Waals surface area contributed by atoms with Crippen LogP contribution in [-0.2, 0) is 0 Å². The molecule has 14 heavy (non-hydrogen) atoms. The van der Waals surface area contributed by atoms with Crippen molar-refractivity contribution in [1.29, 1.82) is 0 Å². The van der Waals surface area contributed by atoms with E-state index < -0.39 is 0 Å². The molecule has 2 nitrogen and oxygen atoms in total. The fourth-order valence-electron chi connectivity index (χ4n) is 1.74. The van der Waals surface area contributed by atoms with Crippen LogP contribution in [0.1, 0.15) is 46.0 Å². The highest BCUT2D eigenvalue weighted by molar-refractivity contribution is 4.72. The normalized spacial score (nSPS) is 18.2. The molecule has 0 aromatic carbocycles. The van der Waals surface area contributed by atoms with E-state index >= 15 is 0 Å². The minimum atomic E-state index is 0.309. The second-order valence-electron chi connectivity index (χ2n) is 5.45. The van der Waals surface area contributed by atoms with Crippen molar-refractivity contribution in [3.8, 4) is 0 Å². The quantitative estimate of drug-likeness (QED) is 0.615. The van der Waals surface area contributed by atoms with Crippen LogP contribution in [-0.4, -0.2) is 19.6 Å². The van der Waals surface area contributed by atoms with E-state index in [9.17, 15) is 0 Å². The Labute approximate surface area is 88.6 Å². The molecule has 0 aromatic rings. The van der Waals surface area contributed by atoms with Gasteiger partial charge in [0.25, 0.3) is 0 Å². The summed E-state index contributed by atoms with van der Waals surface area (Å²) in [7, 11) is 0. The summed E-state index contributed by atoms with van der Waals surface area (Å²) in [5, 5.41) is 3.52. The van der Waals surface area contributed by atoms with Gasteiger partial charge in [0.15, 0.2) is 0 Å². The molecule has 0 amide bonds. The van der Waals surface area contributed by atoms with Gasteiger partial charge in [-0.2, -0.15) is 0 Å². The minimum Gasteiger partial charge on any atom is -0.330 e. The van der Waals surface area contributed by atoms with Crippen LogP contribution in [0.15, 0.2) is 0 Å². The second kappa shape index (κ2) is 5.72. The highest BCUT2D eigenvalue weighted by Gasteiger charge is 2.17. The molecule has 84 valence electrons. The van der Waals surface area contributed by atoms with Crippen molar-refractivity contribution in [2.45, 2.75) is 46.0 Å². The Hall–Kier alpha value is -0.0800. The fourth-order valence-corrected chi connectivity index (χ4v) is 1.74. The highest BCUT2D eigenvalue weighted by atomic mass is 14.8. The molecular weight excluding hydrogens is 172 g/mol. The van der Waals surface area contributed by atoms with Crippen molar-refractivity contribution in [3.63, 3.8) is 0 Å². The first kappa shape index (κ1) is 12.0. The third-order valence-electron chi connectivity index (χ3n) is 3.49. The monoisotopic (exact) mass is 198 g/mol. The van der Waals surface area contributed by atoms with Gasteiger partial charge in [-0.3, -0.25) is 0 Å². The molecule has 3 N–H and O–H groups in total. The SMILES string of the molecule is CC(C)(CN)CCNCCC1CCC1. The van der Waals surface area contributed by atoms with E-state index in [2.05, 4.69) is 19.2 Å². The Morgan fingerprint density at radius 1 is 1.29 bits per heavy atom. The smallest absolute Gasteiger partial charge is 0.00253 e. The molecule has 0 aromatic heterocycles. The molecule has 0 heterocycles. The van der Waals surface area contributed by atoms with Gasteiger partial charge in [0.2, 0.25) is 0 Å². The summed E-state index contributed by atoms with van der Waals surface area (Å²) >= 11 is 0. The number of nitrogens with one attached hydrogen (secondary N) is 1. The van der Waals surface area contributed by atoms with Crippen LogP contribution in [0.2, 0.25) is 0 Å². The first-order valence-corrected chi connectivity index (χ1v) is 6.05. The molecule has 1 saturated carbocycles. The van der Waals surface area contributed by atoms with Crippen LogP contribution in [0.4, 0.5) is 0 Å². The van der Waals surface area contributed by atoms with Crippen molar-refractivity contribution in [3.05, 3.63) is 0 Å². The Morgan fingerprint density at radius 2 is 2.00 bits per heavy atom. The zero-order valence-corrected chi connectivity index (χ0v) is 9.81. The predicted molar refractivity (Wildman–Crippen MR) is 62.3 cm³/mol. The standard InChI is InChI=1S/C12H26N2/c1-12(2,10-13)7-9-14-8-6-11-4-3-5-11/h11,14H,3-10,13H2,1-2H3. The van der Waals surface area contributed by atoms with Gasteiger partial charge in [-0.05, 0) is 43.8 Å². The zero-order chi connectivity index (χ0) is 10.4. The molecule has 1 aliphatic carbocycles. The van der Waals surface area contributed by atoms with E-state index in [1.807, 2.05) is 0 Å². The van der Waals surface area contributed by atoms with Gasteiger partial charge in [-0.15, -0.1) is 0 Å². The van der Waals surface area contributed by atoms with Gasteiger partial charge >= 0.3 is 0 Å². The van der Waals surface area contributed by atoms with Gasteiger partial charge in [0, 0.05) is 0 Å². The van der Waals surface area contributed by atoms with E-state index in [0.29, 0.717) is 5.41 Å². The average Bonchev–Trinajstić information content (AvgIpc) is 2.08. The molecule has 1 rings (SSSR count). The molecule has 0 bridgehead atoms. The summed E-state index contributed by atoms with van der Waals surface area (Å²) in [5.41, 5.74) is 5.98. The van der Waals surface area contributed by atoms with Crippen molar-refractivity contribution in [2.75, 3.05) is 19.6 Å². The lowest BCUT2D eigenvalue weighted by Crippen LogP contribution is -2.30. The van der Waals surface area contributed by atoms with Crippen molar-refractivity contribution < 1.29 is 0 Å². The number of hydrogen-bond acceptors (Lipinski definition) is 2. The summed E-state index contributed by atoms with van der Waals surface area (Å²) in [6.07, 6.45) is 6.97. The highest BCUT2D eigenvalue weighted by Crippen LogP contribution is 2.28. The first-order valence-electron chi connectivity index (χ1n) is 6.05. The van der Waals surface area contributed by atoms with Crippen molar-refractivity contribution in [1.82, 2.24) is 5.32 Å². The van der Waals surface area contributed by atoms with Crippen LogP contribution in [0.5, 0.6) is 0 Å². The van der Waals surface area contributed by atoms with Gasteiger partial charge in [0.1, 0.15) is 0 Å². The Balaban J connectivity index is 1.88. The summed E-state index contributed by atoms with van der Waals surface area (Å²) in [6.45, 7) is 7.58. The second-order valence-corrected chi connectivity index (χ2v) is 5.45. The lowest BCUT2D eigenvalue weighted by Gasteiger charge is -2.26. The topological polar surface area (TPSA) is 38.0 Å². The maximum Gasteiger partial charge on any atom is -0.00253 e. The zero-order valence-electron chi connectivity index (χ0n) is 9.81. The van der Waals surface area contributed by atoms with Gasteiger partial charge in [-0.25, -0.2) is 0 Å². The fraction of sp³-hybridized carbons (Fsp3) is 1.00. The molecule has 0 atom stereocenters. The molecule has 0 aliphatic heterocycles. The first-order chi connectivity index (χ1) is 6.64. The summed E-state index contributed by atoms with van der Waals surface area (Å²) < 4.78 is 0. The summed E-state index contributed by atoms with van der Waals surface area (Å²) in [4.78, 5) is 0. The maximum atomic E-state index is 5.67. The molecule has 1 aliphatic rings. The number of rotatable bonds is 7. The largest absolute Gasteiger partial charge is 0.330 e. The minimum absolute atomic E-state index is 0.309. The van der Waals surface area contributed by atoms with E-state index in [1.54, 1.807) is 0 Å². The molecule has 1 fully saturated rings. The van der Waals surface area contributed by atoms with E-state index in [4.69, 9.17) is 5.73 Å². The predicted octanol–water partition coefficient (Wildman–Crippen LogP) is 2.14. The lowest BCUT2D eigenvalue weighted by molar-refractivity contribution is 0.286. The van der Waals surface area contributed by atoms with E-state index in [1.165, 1.54) is 38.6 Å². The third-order valence-corrected chi connectivity index (χ3v) is 3.49. The Bertz CT molecular complexity index is 150. The summed E-state index contributed by atoms with van der Waals surface area (Å²) in [6, 6.07) is 0. The lowest BCUT2D eigenvalue weighted by atomic mass is 9.83. The molecule has 0 unspecified atom stereocenters. The number of hydrogen-bond donors (Lipinski definition) is 2. The van der Waals surface area contributed by atoms with Crippen LogP contribution in [0, 0.1) is 11.3 Å². The molecular formula is C12H26N2. The van der Waals surface area contributed by atoms with Crippen molar-refractivity contribution >= 4 is 0 Å². The molecule has 0 spiro atoms. The third kappa shape index (κ3) is 4.43. The molecule has 0 radical (unpaired) electrons. The number of nitrogens with two attached hydrogens (primary N) is 1. The van der Waals surface area contributed by atoms with Crippen LogP contribution >= 0.6 is 0 Å². The van der Waals surface area contributed by atoms with Gasteiger partial charge < -0.3 is 11.1 Å². The average molecular weight is 198 g/mol. The van der Waals surface area contributed by atoms with Gasteiger partial charge in [0.05, 0.1) is 0 Å². The van der Waals surface area contributed by atoms with Crippen LogP contribution in [0.25, 0.3) is 0 Å². The summed E-state index contributed by atoms with van der Waals surface area (Å²) in [5.74, 6) is 1.03.